The molecule has 0 bridgehead atoms. The Morgan fingerprint density at radius 3 is 2.47 bits per heavy atom. The Morgan fingerprint density at radius 2 is 1.93 bits per heavy atom. The molecule has 1 rings (SSSR count). The van der Waals surface area contributed by atoms with Crippen LogP contribution >= 0.6 is 12.2 Å². The van der Waals surface area contributed by atoms with Crippen LogP contribution in [0.4, 0.5) is 0 Å². The first-order valence-corrected chi connectivity index (χ1v) is 5.34. The summed E-state index contributed by atoms with van der Waals surface area (Å²) in [7, 11) is 0. The molecule has 15 heavy (non-hydrogen) atoms. The van der Waals surface area contributed by atoms with E-state index in [1.165, 1.54) is 5.56 Å². The van der Waals surface area contributed by atoms with E-state index in [0.29, 0.717) is 11.7 Å². The molecule has 0 amide bonds. The summed E-state index contributed by atoms with van der Waals surface area (Å²) in [5, 5.41) is 9.17. The largest absolute Gasteiger partial charge is 0.395 e. The van der Waals surface area contributed by atoms with Crippen molar-refractivity contribution in [3.05, 3.63) is 35.9 Å². The van der Waals surface area contributed by atoms with Crippen molar-refractivity contribution in [3.8, 4) is 0 Å². The molecule has 0 saturated carbocycles. The van der Waals surface area contributed by atoms with Gasteiger partial charge in [0.25, 0.3) is 0 Å². The molecule has 3 N–H and O–H groups in total. The van der Waals surface area contributed by atoms with Gasteiger partial charge >= 0.3 is 0 Å². The highest BCUT2D eigenvalue weighted by Crippen LogP contribution is 2.01. The maximum atomic E-state index is 8.83. The van der Waals surface area contributed by atoms with E-state index in [2.05, 4.69) is 12.1 Å². The van der Waals surface area contributed by atoms with Crippen molar-refractivity contribution in [2.45, 2.75) is 6.42 Å². The normalized spacial score (nSPS) is 9.93. The van der Waals surface area contributed by atoms with Gasteiger partial charge in [0, 0.05) is 13.1 Å². The number of benzene rings is 1. The summed E-state index contributed by atoms with van der Waals surface area (Å²) in [5.74, 6) is 0. The van der Waals surface area contributed by atoms with E-state index in [4.69, 9.17) is 23.1 Å². The molecule has 82 valence electrons. The molecule has 4 heteroatoms. The molecule has 0 aliphatic heterocycles. The van der Waals surface area contributed by atoms with Crippen LogP contribution in [-0.4, -0.2) is 34.8 Å². The summed E-state index contributed by atoms with van der Waals surface area (Å²) in [4.78, 5) is 1.81. The van der Waals surface area contributed by atoms with Gasteiger partial charge in [-0.1, -0.05) is 30.3 Å². The Balaban J connectivity index is 2.43. The van der Waals surface area contributed by atoms with Gasteiger partial charge in [-0.2, -0.15) is 0 Å². The van der Waals surface area contributed by atoms with E-state index in [0.717, 1.165) is 13.0 Å². The average molecular weight is 224 g/mol. The van der Waals surface area contributed by atoms with Gasteiger partial charge in [0.2, 0.25) is 0 Å². The number of thiocarbonyl (C=S) groups is 1. The first-order valence-electron chi connectivity index (χ1n) is 4.93. The second-order valence-corrected chi connectivity index (χ2v) is 3.70. The molecule has 0 spiro atoms. The Kier molecular flexibility index (Phi) is 5.07. The minimum Gasteiger partial charge on any atom is -0.395 e. The summed E-state index contributed by atoms with van der Waals surface area (Å²) in [6.45, 7) is 1.33. The van der Waals surface area contributed by atoms with E-state index in [1.807, 2.05) is 23.1 Å². The Bertz CT molecular complexity index is 303. The topological polar surface area (TPSA) is 49.5 Å². The molecule has 0 aromatic heterocycles. The van der Waals surface area contributed by atoms with E-state index < -0.39 is 0 Å². The Morgan fingerprint density at radius 1 is 1.27 bits per heavy atom. The first kappa shape index (κ1) is 11.9. The van der Waals surface area contributed by atoms with E-state index >= 15 is 0 Å². The SMILES string of the molecule is NC(=S)N(CCO)CCc1ccccc1. The predicted molar refractivity (Wildman–Crippen MR) is 65.6 cm³/mol. The molecule has 0 heterocycles. The van der Waals surface area contributed by atoms with Crippen LogP contribution in [0.3, 0.4) is 0 Å². The molecular formula is C11H16N2OS. The summed E-state index contributed by atoms with van der Waals surface area (Å²) < 4.78 is 0. The van der Waals surface area contributed by atoms with E-state index in [-0.39, 0.29) is 6.61 Å². The van der Waals surface area contributed by atoms with Crippen molar-refractivity contribution in [1.82, 2.24) is 4.90 Å². The van der Waals surface area contributed by atoms with Crippen molar-refractivity contribution in [2.24, 2.45) is 5.73 Å². The summed E-state index contributed by atoms with van der Waals surface area (Å²) in [6, 6.07) is 10.1. The predicted octanol–water partition coefficient (Wildman–Crippen LogP) is 0.767. The third-order valence-corrected chi connectivity index (χ3v) is 2.45. The maximum absolute atomic E-state index is 8.83. The highest BCUT2D eigenvalue weighted by molar-refractivity contribution is 7.80. The molecule has 1 aromatic rings. The van der Waals surface area contributed by atoms with Gasteiger partial charge in [-0.15, -0.1) is 0 Å². The number of aliphatic hydroxyl groups is 1. The number of aliphatic hydroxyl groups excluding tert-OH is 1. The lowest BCUT2D eigenvalue weighted by molar-refractivity contribution is 0.251. The molecule has 0 aliphatic rings. The minimum absolute atomic E-state index is 0.0755. The fourth-order valence-corrected chi connectivity index (χ4v) is 1.54. The van der Waals surface area contributed by atoms with Gasteiger partial charge in [-0.3, -0.25) is 0 Å². The van der Waals surface area contributed by atoms with Crippen LogP contribution < -0.4 is 5.73 Å². The van der Waals surface area contributed by atoms with Crippen molar-refractivity contribution < 1.29 is 5.11 Å². The third-order valence-electron chi connectivity index (χ3n) is 2.19. The zero-order valence-electron chi connectivity index (χ0n) is 8.60. The van der Waals surface area contributed by atoms with Crippen LogP contribution in [0.2, 0.25) is 0 Å². The quantitative estimate of drug-likeness (QED) is 0.725. The zero-order chi connectivity index (χ0) is 11.1. The molecule has 3 nitrogen and oxygen atoms in total. The zero-order valence-corrected chi connectivity index (χ0v) is 9.41. The second kappa shape index (κ2) is 6.37. The highest BCUT2D eigenvalue weighted by atomic mass is 32.1. The number of nitrogens with zero attached hydrogens (tertiary/aromatic N) is 1. The number of rotatable bonds is 5. The van der Waals surface area contributed by atoms with Crippen LogP contribution in [-0.2, 0) is 6.42 Å². The minimum atomic E-state index is 0.0755. The molecule has 1 aromatic carbocycles. The van der Waals surface area contributed by atoms with Gasteiger partial charge in [-0.05, 0) is 24.2 Å². The van der Waals surface area contributed by atoms with Crippen molar-refractivity contribution in [1.29, 1.82) is 0 Å². The number of nitrogens with two attached hydrogens (primary N) is 1. The molecule has 0 radical (unpaired) electrons. The van der Waals surface area contributed by atoms with Crippen molar-refractivity contribution in [3.63, 3.8) is 0 Å². The summed E-state index contributed by atoms with van der Waals surface area (Å²) in [6.07, 6.45) is 0.887. The lowest BCUT2D eigenvalue weighted by atomic mass is 10.1. The Labute approximate surface area is 95.5 Å². The van der Waals surface area contributed by atoms with Gasteiger partial charge in [0.05, 0.1) is 6.61 Å². The van der Waals surface area contributed by atoms with Crippen LogP contribution in [0.5, 0.6) is 0 Å². The van der Waals surface area contributed by atoms with Crippen LogP contribution in [0.25, 0.3) is 0 Å². The van der Waals surface area contributed by atoms with Gasteiger partial charge in [0.15, 0.2) is 5.11 Å². The fraction of sp³-hybridized carbons (Fsp3) is 0.364. The van der Waals surface area contributed by atoms with E-state index in [9.17, 15) is 0 Å². The van der Waals surface area contributed by atoms with Gasteiger partial charge in [0.1, 0.15) is 0 Å². The third kappa shape index (κ3) is 4.27. The molecule has 0 saturated heterocycles. The van der Waals surface area contributed by atoms with Gasteiger partial charge in [-0.25, -0.2) is 0 Å². The van der Waals surface area contributed by atoms with Gasteiger partial charge < -0.3 is 15.7 Å². The van der Waals surface area contributed by atoms with E-state index in [1.54, 1.807) is 0 Å². The average Bonchev–Trinajstić information content (AvgIpc) is 2.25. The fourth-order valence-electron chi connectivity index (χ4n) is 1.36. The molecular weight excluding hydrogens is 208 g/mol. The standard InChI is InChI=1S/C11H16N2OS/c12-11(15)13(8-9-14)7-6-10-4-2-1-3-5-10/h1-5,14H,6-9H2,(H2,12,15). The van der Waals surface area contributed by atoms with Crippen molar-refractivity contribution >= 4 is 17.3 Å². The second-order valence-electron chi connectivity index (χ2n) is 3.28. The highest BCUT2D eigenvalue weighted by Gasteiger charge is 2.04. The monoisotopic (exact) mass is 224 g/mol. The molecule has 0 atom stereocenters. The first-order chi connectivity index (χ1) is 7.24. The van der Waals surface area contributed by atoms with Crippen LogP contribution in [0, 0.1) is 0 Å². The lowest BCUT2D eigenvalue weighted by Crippen LogP contribution is -2.38. The smallest absolute Gasteiger partial charge is 0.166 e. The Hall–Kier alpha value is -1.13. The molecule has 0 unspecified atom stereocenters. The number of hydrogen-bond acceptors (Lipinski definition) is 2. The molecule has 0 aliphatic carbocycles. The summed E-state index contributed by atoms with van der Waals surface area (Å²) >= 11 is 4.89. The van der Waals surface area contributed by atoms with Crippen LogP contribution in [0.15, 0.2) is 30.3 Å². The maximum Gasteiger partial charge on any atom is 0.166 e. The molecule has 0 fully saturated rings. The lowest BCUT2D eigenvalue weighted by Gasteiger charge is -2.21. The number of hydrogen-bond donors (Lipinski definition) is 2. The van der Waals surface area contributed by atoms with Crippen molar-refractivity contribution in [2.75, 3.05) is 19.7 Å². The van der Waals surface area contributed by atoms with Crippen LogP contribution in [0.1, 0.15) is 5.56 Å². The summed E-state index contributed by atoms with van der Waals surface area (Å²) in [5.41, 5.74) is 6.78.